The third-order valence-electron chi connectivity index (χ3n) is 6.49. The minimum absolute atomic E-state index is 0.107. The lowest BCUT2D eigenvalue weighted by Crippen LogP contribution is -2.46. The number of carbonyl (C=O) groups is 1. The minimum atomic E-state index is -0.325. The fourth-order valence-corrected chi connectivity index (χ4v) is 4.31. The number of nitrogens with one attached hydrogen (secondary N) is 3. The molecule has 36 heavy (non-hydrogen) atoms. The van der Waals surface area contributed by atoms with Crippen LogP contribution in [0.4, 0.5) is 5.69 Å². The predicted molar refractivity (Wildman–Crippen MR) is 145 cm³/mol. The summed E-state index contributed by atoms with van der Waals surface area (Å²) in [5.41, 5.74) is 8.18. The zero-order valence-electron chi connectivity index (χ0n) is 21.9. The largest absolute Gasteiger partial charge is 0.394 e. The Hall–Kier alpha value is -3.71. The number of imidazole rings is 1. The van der Waals surface area contributed by atoms with Gasteiger partial charge in [0.25, 0.3) is 5.91 Å². The number of H-pyrrole nitrogens is 1. The first-order valence-electron chi connectivity index (χ1n) is 12.2. The van der Waals surface area contributed by atoms with Crippen molar-refractivity contribution in [2.75, 3.05) is 11.9 Å². The van der Waals surface area contributed by atoms with Gasteiger partial charge in [0, 0.05) is 22.5 Å². The van der Waals surface area contributed by atoms with Gasteiger partial charge in [-0.25, -0.2) is 4.98 Å². The highest BCUT2D eigenvalue weighted by atomic mass is 16.3. The van der Waals surface area contributed by atoms with Crippen LogP contribution in [-0.2, 0) is 6.54 Å². The normalized spacial score (nSPS) is 12.5. The lowest BCUT2D eigenvalue weighted by Gasteiger charge is -2.29. The molecule has 188 valence electrons. The molecule has 1 atom stereocenters. The number of aromatic amines is 1. The maximum atomic E-state index is 12.9. The smallest absolute Gasteiger partial charge is 0.251 e. The van der Waals surface area contributed by atoms with Crippen molar-refractivity contribution in [3.05, 3.63) is 76.9 Å². The first kappa shape index (κ1) is 25.4. The summed E-state index contributed by atoms with van der Waals surface area (Å²) in [5.74, 6) is 0.703. The van der Waals surface area contributed by atoms with Crippen LogP contribution in [0.1, 0.15) is 53.9 Å². The number of hydrogen-bond acceptors (Lipinski definition) is 5. The zero-order valence-corrected chi connectivity index (χ0v) is 21.9. The minimum Gasteiger partial charge on any atom is -0.394 e. The lowest BCUT2D eigenvalue weighted by molar-refractivity contribution is 0.0848. The molecule has 1 amide bonds. The maximum absolute atomic E-state index is 12.9. The summed E-state index contributed by atoms with van der Waals surface area (Å²) in [6, 6.07) is 15.6. The number of anilines is 1. The average molecular weight is 486 g/mol. The van der Waals surface area contributed by atoms with E-state index in [2.05, 4.69) is 32.7 Å². The molecular formula is C29H35N5O2. The topological polar surface area (TPSA) is 103 Å². The van der Waals surface area contributed by atoms with E-state index < -0.39 is 0 Å². The molecular weight excluding hydrogens is 450 g/mol. The number of amides is 1. The van der Waals surface area contributed by atoms with E-state index in [9.17, 15) is 9.90 Å². The molecule has 4 rings (SSSR count). The SMILES string of the molecule is Cc1ccc(-c2ccc(C(=O)N[C@H](CO)C(C)(C)C)cc2C)c(CNc2ccc3nc(C)[nH]c3c2)n1. The summed E-state index contributed by atoms with van der Waals surface area (Å²) in [6.07, 6.45) is 0. The molecule has 0 fully saturated rings. The number of aliphatic hydroxyl groups is 1. The number of hydrogen-bond donors (Lipinski definition) is 4. The number of nitrogens with zero attached hydrogens (tertiary/aromatic N) is 2. The van der Waals surface area contributed by atoms with Gasteiger partial charge in [0.15, 0.2) is 0 Å². The van der Waals surface area contributed by atoms with Crippen LogP contribution in [-0.4, -0.2) is 38.6 Å². The molecule has 2 aromatic carbocycles. The van der Waals surface area contributed by atoms with Crippen LogP contribution in [0.2, 0.25) is 0 Å². The van der Waals surface area contributed by atoms with Gasteiger partial charge in [-0.1, -0.05) is 32.9 Å². The standard InChI is InChI=1S/C29H35N5O2/c1-17-13-20(28(36)34-27(16-35)29(4,5)6)8-11-22(17)23-10-7-18(2)31-26(23)15-30-21-9-12-24-25(14-21)33-19(3)32-24/h7-14,27,30,35H,15-16H2,1-6H3,(H,32,33)(H,34,36)/t27-/m1/s1. The fraction of sp³-hybridized carbons (Fsp3) is 0.345. The molecule has 7 nitrogen and oxygen atoms in total. The van der Waals surface area contributed by atoms with Crippen molar-refractivity contribution >= 4 is 22.6 Å². The molecule has 0 spiro atoms. The van der Waals surface area contributed by atoms with Crippen molar-refractivity contribution in [2.45, 2.75) is 54.1 Å². The Kier molecular flexibility index (Phi) is 7.13. The number of aryl methyl sites for hydroxylation is 3. The van der Waals surface area contributed by atoms with Crippen LogP contribution in [0.15, 0.2) is 48.5 Å². The second-order valence-electron chi connectivity index (χ2n) is 10.5. The molecule has 0 unspecified atom stereocenters. The molecule has 4 N–H and O–H groups in total. The quantitative estimate of drug-likeness (QED) is 0.284. The number of rotatable bonds is 7. The molecule has 0 saturated heterocycles. The van der Waals surface area contributed by atoms with E-state index in [1.165, 1.54) is 0 Å². The molecule has 0 aliphatic rings. The number of pyridine rings is 1. The summed E-state index contributed by atoms with van der Waals surface area (Å²) < 4.78 is 0. The molecule has 4 aromatic rings. The van der Waals surface area contributed by atoms with Gasteiger partial charge in [-0.3, -0.25) is 9.78 Å². The fourth-order valence-electron chi connectivity index (χ4n) is 4.31. The van der Waals surface area contributed by atoms with Gasteiger partial charge in [-0.05, 0) is 73.7 Å². The number of aromatic nitrogens is 3. The van der Waals surface area contributed by atoms with Crippen molar-refractivity contribution in [3.63, 3.8) is 0 Å². The summed E-state index contributed by atoms with van der Waals surface area (Å²) >= 11 is 0. The molecule has 2 aromatic heterocycles. The Morgan fingerprint density at radius 2 is 1.75 bits per heavy atom. The van der Waals surface area contributed by atoms with E-state index in [0.29, 0.717) is 12.1 Å². The Labute approximate surface area is 212 Å². The second-order valence-corrected chi connectivity index (χ2v) is 10.5. The van der Waals surface area contributed by atoms with E-state index >= 15 is 0 Å². The summed E-state index contributed by atoms with van der Waals surface area (Å²) in [7, 11) is 0. The number of fused-ring (bicyclic) bond motifs is 1. The Balaban J connectivity index is 1.57. The van der Waals surface area contributed by atoms with Crippen LogP contribution in [0.5, 0.6) is 0 Å². The molecule has 2 heterocycles. The van der Waals surface area contributed by atoms with Crippen LogP contribution < -0.4 is 10.6 Å². The number of benzene rings is 2. The highest BCUT2D eigenvalue weighted by Crippen LogP contribution is 2.29. The zero-order chi connectivity index (χ0) is 26.0. The van der Waals surface area contributed by atoms with E-state index in [0.717, 1.165) is 50.6 Å². The molecule has 7 heteroatoms. The highest BCUT2D eigenvalue weighted by molar-refractivity contribution is 5.95. The van der Waals surface area contributed by atoms with E-state index in [1.54, 1.807) is 0 Å². The average Bonchev–Trinajstić information content (AvgIpc) is 3.19. The lowest BCUT2D eigenvalue weighted by atomic mass is 9.87. The van der Waals surface area contributed by atoms with Gasteiger partial charge in [0.1, 0.15) is 5.82 Å². The van der Waals surface area contributed by atoms with E-state index in [1.807, 2.05) is 77.9 Å². The van der Waals surface area contributed by atoms with Crippen molar-refractivity contribution in [1.29, 1.82) is 0 Å². The van der Waals surface area contributed by atoms with Gasteiger partial charge in [-0.2, -0.15) is 0 Å². The Morgan fingerprint density at radius 3 is 2.44 bits per heavy atom. The van der Waals surface area contributed by atoms with Crippen molar-refractivity contribution in [3.8, 4) is 11.1 Å². The maximum Gasteiger partial charge on any atom is 0.251 e. The molecule has 0 aliphatic carbocycles. The van der Waals surface area contributed by atoms with Gasteiger partial charge in [0.2, 0.25) is 0 Å². The van der Waals surface area contributed by atoms with Crippen LogP contribution in [0, 0.1) is 26.2 Å². The van der Waals surface area contributed by atoms with E-state index in [4.69, 9.17) is 4.98 Å². The monoisotopic (exact) mass is 485 g/mol. The van der Waals surface area contributed by atoms with E-state index in [-0.39, 0.29) is 24.0 Å². The van der Waals surface area contributed by atoms with Gasteiger partial charge in [0.05, 0.1) is 35.9 Å². The Bertz CT molecular complexity index is 1400. The molecule has 0 bridgehead atoms. The van der Waals surface area contributed by atoms with Crippen LogP contribution in [0.3, 0.4) is 0 Å². The third-order valence-corrected chi connectivity index (χ3v) is 6.49. The molecule has 0 radical (unpaired) electrons. The first-order valence-corrected chi connectivity index (χ1v) is 12.2. The van der Waals surface area contributed by atoms with Crippen molar-refractivity contribution < 1.29 is 9.90 Å². The van der Waals surface area contributed by atoms with Crippen LogP contribution >= 0.6 is 0 Å². The third kappa shape index (κ3) is 5.57. The molecule has 0 saturated carbocycles. The summed E-state index contributed by atoms with van der Waals surface area (Å²) in [5, 5.41) is 16.2. The van der Waals surface area contributed by atoms with Crippen molar-refractivity contribution in [2.24, 2.45) is 5.41 Å². The number of aliphatic hydroxyl groups excluding tert-OH is 1. The highest BCUT2D eigenvalue weighted by Gasteiger charge is 2.26. The second kappa shape index (κ2) is 10.1. The predicted octanol–water partition coefficient (Wildman–Crippen LogP) is 5.30. The number of carbonyl (C=O) groups excluding carboxylic acids is 1. The van der Waals surface area contributed by atoms with Gasteiger partial charge in [-0.15, -0.1) is 0 Å². The van der Waals surface area contributed by atoms with Gasteiger partial charge >= 0.3 is 0 Å². The Morgan fingerprint density at radius 1 is 1.00 bits per heavy atom. The summed E-state index contributed by atoms with van der Waals surface area (Å²) in [4.78, 5) is 25.4. The van der Waals surface area contributed by atoms with Crippen LogP contribution in [0.25, 0.3) is 22.2 Å². The first-order chi connectivity index (χ1) is 17.0. The van der Waals surface area contributed by atoms with Gasteiger partial charge < -0.3 is 20.7 Å². The van der Waals surface area contributed by atoms with Crippen molar-refractivity contribution in [1.82, 2.24) is 20.3 Å². The summed E-state index contributed by atoms with van der Waals surface area (Å²) in [6.45, 7) is 12.4. The molecule has 0 aliphatic heterocycles.